The number of nitrogens with zero attached hydrogens (tertiary/aromatic N) is 1. The molecule has 0 unspecified atom stereocenters. The van der Waals surface area contributed by atoms with Gasteiger partial charge in [0.25, 0.3) is 0 Å². The van der Waals surface area contributed by atoms with Crippen molar-refractivity contribution in [3.8, 4) is 0 Å². The number of alkyl halides is 1. The number of carbonyl (C=O) groups excluding carboxylic acids is 1. The molecule has 1 heterocycles. The van der Waals surface area contributed by atoms with Crippen molar-refractivity contribution in [2.45, 2.75) is 31.5 Å². The minimum atomic E-state index is 0.00981. The molecule has 1 amide bonds. The van der Waals surface area contributed by atoms with E-state index in [2.05, 4.69) is 29.8 Å². The second-order valence-electron chi connectivity index (χ2n) is 3.68. The molecule has 1 aliphatic rings. The molecule has 0 aromatic rings. The fraction of sp³-hybridized carbons (Fsp3) is 0.889. The molecule has 1 saturated heterocycles. The summed E-state index contributed by atoms with van der Waals surface area (Å²) in [6.45, 7) is 6.03. The van der Waals surface area contributed by atoms with Crippen molar-refractivity contribution in [3.63, 3.8) is 0 Å². The van der Waals surface area contributed by atoms with Gasteiger partial charge in [-0.05, 0) is 18.8 Å². The number of hydrogen-bond donors (Lipinski definition) is 0. The molecule has 70 valence electrons. The Hall–Kier alpha value is -0.0500. The first-order valence-electron chi connectivity index (χ1n) is 4.56. The van der Waals surface area contributed by atoms with Crippen molar-refractivity contribution < 1.29 is 4.79 Å². The van der Waals surface area contributed by atoms with Gasteiger partial charge in [0.2, 0.25) is 5.91 Å². The smallest absolute Gasteiger partial charge is 0.236 e. The van der Waals surface area contributed by atoms with Gasteiger partial charge in [-0.15, -0.1) is 0 Å². The highest BCUT2D eigenvalue weighted by atomic mass is 79.9. The van der Waals surface area contributed by atoms with E-state index in [1.165, 1.54) is 12.8 Å². The van der Waals surface area contributed by atoms with Crippen LogP contribution in [0.1, 0.15) is 26.7 Å². The Morgan fingerprint density at radius 3 is 2.25 bits per heavy atom. The molecule has 0 bridgehead atoms. The molecule has 0 N–H and O–H groups in total. The molecule has 0 aromatic carbocycles. The summed E-state index contributed by atoms with van der Waals surface area (Å²) >= 11 is 3.43. The molecule has 0 radical (unpaired) electrons. The van der Waals surface area contributed by atoms with E-state index in [9.17, 15) is 4.79 Å². The third-order valence-electron chi connectivity index (χ3n) is 2.24. The number of amides is 1. The predicted octanol–water partition coefficient (Wildman–Crippen LogP) is 2.03. The van der Waals surface area contributed by atoms with E-state index >= 15 is 0 Å². The fourth-order valence-corrected chi connectivity index (χ4v) is 1.69. The van der Waals surface area contributed by atoms with Crippen LogP contribution in [-0.2, 0) is 4.79 Å². The summed E-state index contributed by atoms with van der Waals surface area (Å²) < 4.78 is 0. The van der Waals surface area contributed by atoms with Crippen LogP contribution in [0.5, 0.6) is 0 Å². The summed E-state index contributed by atoms with van der Waals surface area (Å²) in [5, 5.41) is 0. The van der Waals surface area contributed by atoms with Crippen molar-refractivity contribution in [3.05, 3.63) is 0 Å². The summed E-state index contributed by atoms with van der Waals surface area (Å²) in [6, 6.07) is 0. The Balaban J connectivity index is 2.45. The van der Waals surface area contributed by atoms with Gasteiger partial charge in [-0.25, -0.2) is 0 Å². The summed E-state index contributed by atoms with van der Waals surface area (Å²) in [4.78, 5) is 13.6. The van der Waals surface area contributed by atoms with Crippen LogP contribution in [-0.4, -0.2) is 28.7 Å². The molecule has 1 rings (SSSR count). The Kier molecular flexibility index (Phi) is 3.56. The molecule has 2 nitrogen and oxygen atoms in total. The van der Waals surface area contributed by atoms with Gasteiger partial charge < -0.3 is 4.90 Å². The predicted molar refractivity (Wildman–Crippen MR) is 53.4 cm³/mol. The molecule has 0 saturated carbocycles. The molecule has 1 fully saturated rings. The number of rotatable bonds is 2. The minimum absolute atomic E-state index is 0.00981. The number of carbonyl (C=O) groups is 1. The highest BCUT2D eigenvalue weighted by Crippen LogP contribution is 2.18. The summed E-state index contributed by atoms with van der Waals surface area (Å²) in [7, 11) is 0. The molecular weight excluding hydrogens is 218 g/mol. The average molecular weight is 234 g/mol. The molecule has 0 spiro atoms. The summed E-state index contributed by atoms with van der Waals surface area (Å²) in [5.74, 6) is 0.653. The lowest BCUT2D eigenvalue weighted by Crippen LogP contribution is -2.36. The number of halogens is 1. The normalized spacial score (nSPS) is 20.2. The molecule has 12 heavy (non-hydrogen) atoms. The third kappa shape index (κ3) is 2.22. The highest BCUT2D eigenvalue weighted by molar-refractivity contribution is 9.10. The largest absolute Gasteiger partial charge is 0.342 e. The van der Waals surface area contributed by atoms with Crippen LogP contribution in [0, 0.1) is 5.92 Å². The van der Waals surface area contributed by atoms with Crippen molar-refractivity contribution in [1.29, 1.82) is 0 Å². The van der Waals surface area contributed by atoms with Gasteiger partial charge in [-0.3, -0.25) is 4.79 Å². The van der Waals surface area contributed by atoms with Crippen molar-refractivity contribution in [2.24, 2.45) is 5.92 Å². The molecule has 1 atom stereocenters. The summed E-state index contributed by atoms with van der Waals surface area (Å²) in [5.41, 5.74) is 0. The highest BCUT2D eigenvalue weighted by Gasteiger charge is 2.26. The van der Waals surface area contributed by atoms with Gasteiger partial charge in [0.1, 0.15) is 0 Å². The fourth-order valence-electron chi connectivity index (χ4n) is 1.40. The lowest BCUT2D eigenvalue weighted by Gasteiger charge is -2.21. The molecule has 3 heteroatoms. The van der Waals surface area contributed by atoms with Gasteiger partial charge in [0.05, 0.1) is 4.83 Å². The first-order valence-corrected chi connectivity index (χ1v) is 5.47. The monoisotopic (exact) mass is 233 g/mol. The molecule has 1 aliphatic heterocycles. The van der Waals surface area contributed by atoms with Crippen LogP contribution in [0.25, 0.3) is 0 Å². The van der Waals surface area contributed by atoms with Crippen LogP contribution < -0.4 is 0 Å². The quantitative estimate of drug-likeness (QED) is 0.669. The first kappa shape index (κ1) is 10.0. The van der Waals surface area contributed by atoms with Crippen LogP contribution in [0.2, 0.25) is 0 Å². The van der Waals surface area contributed by atoms with Gasteiger partial charge in [-0.2, -0.15) is 0 Å². The maximum atomic E-state index is 11.7. The Bertz CT molecular complexity index is 160. The van der Waals surface area contributed by atoms with E-state index in [-0.39, 0.29) is 10.7 Å². The van der Waals surface area contributed by atoms with Crippen LogP contribution in [0.3, 0.4) is 0 Å². The van der Waals surface area contributed by atoms with Gasteiger partial charge in [-0.1, -0.05) is 29.8 Å². The lowest BCUT2D eigenvalue weighted by molar-refractivity contribution is -0.130. The van der Waals surface area contributed by atoms with E-state index in [0.29, 0.717) is 5.92 Å². The van der Waals surface area contributed by atoms with Gasteiger partial charge in [0, 0.05) is 13.1 Å². The van der Waals surface area contributed by atoms with Crippen molar-refractivity contribution in [2.75, 3.05) is 13.1 Å². The summed E-state index contributed by atoms with van der Waals surface area (Å²) in [6.07, 6.45) is 2.34. The van der Waals surface area contributed by atoms with E-state index in [1.807, 2.05) is 4.90 Å². The van der Waals surface area contributed by atoms with E-state index in [1.54, 1.807) is 0 Å². The Morgan fingerprint density at radius 1 is 1.33 bits per heavy atom. The molecule has 0 aromatic heterocycles. The SMILES string of the molecule is CC(C)[C@H](Br)C(=O)N1CCCC1. The minimum Gasteiger partial charge on any atom is -0.342 e. The molecular formula is C9H16BrNO. The maximum Gasteiger partial charge on any atom is 0.236 e. The lowest BCUT2D eigenvalue weighted by atomic mass is 10.1. The molecule has 0 aliphatic carbocycles. The zero-order valence-corrected chi connectivity index (χ0v) is 9.30. The first-order chi connectivity index (χ1) is 5.63. The van der Waals surface area contributed by atoms with Crippen LogP contribution >= 0.6 is 15.9 Å². The van der Waals surface area contributed by atoms with E-state index < -0.39 is 0 Å². The zero-order chi connectivity index (χ0) is 9.14. The third-order valence-corrected chi connectivity index (χ3v) is 3.69. The van der Waals surface area contributed by atoms with Gasteiger partial charge in [0.15, 0.2) is 0 Å². The average Bonchev–Trinajstić information content (AvgIpc) is 2.53. The zero-order valence-electron chi connectivity index (χ0n) is 7.72. The van der Waals surface area contributed by atoms with Crippen molar-refractivity contribution in [1.82, 2.24) is 4.90 Å². The van der Waals surface area contributed by atoms with E-state index in [0.717, 1.165) is 13.1 Å². The second-order valence-corrected chi connectivity index (χ2v) is 4.66. The topological polar surface area (TPSA) is 20.3 Å². The second kappa shape index (κ2) is 4.26. The number of hydrogen-bond acceptors (Lipinski definition) is 1. The maximum absolute atomic E-state index is 11.7. The van der Waals surface area contributed by atoms with Crippen molar-refractivity contribution >= 4 is 21.8 Å². The number of likely N-dealkylation sites (tertiary alicyclic amines) is 1. The van der Waals surface area contributed by atoms with Crippen LogP contribution in [0.4, 0.5) is 0 Å². The standard InChI is InChI=1S/C9H16BrNO/c1-7(2)8(10)9(12)11-5-3-4-6-11/h7-8H,3-6H2,1-2H3/t8-/m0/s1. The van der Waals surface area contributed by atoms with Gasteiger partial charge >= 0.3 is 0 Å². The van der Waals surface area contributed by atoms with Crippen LogP contribution in [0.15, 0.2) is 0 Å². The Morgan fingerprint density at radius 2 is 1.83 bits per heavy atom. The Labute approximate surface area is 82.4 Å². The van der Waals surface area contributed by atoms with E-state index in [4.69, 9.17) is 0 Å².